The first kappa shape index (κ1) is 19.3. The smallest absolute Gasteiger partial charge is 0.241 e. The van der Waals surface area contributed by atoms with Crippen LogP contribution in [0.25, 0.3) is 10.8 Å². The van der Waals surface area contributed by atoms with E-state index in [4.69, 9.17) is 4.74 Å². The summed E-state index contributed by atoms with van der Waals surface area (Å²) in [6, 6.07) is 22.2. The number of nitrogens with zero attached hydrogens (tertiary/aromatic N) is 2. The third-order valence-electron chi connectivity index (χ3n) is 5.68. The fourth-order valence-corrected chi connectivity index (χ4v) is 3.85. The van der Waals surface area contributed by atoms with Gasteiger partial charge in [-0.15, -0.1) is 0 Å². The van der Waals surface area contributed by atoms with E-state index in [1.165, 1.54) is 5.39 Å². The molecule has 3 aromatic carbocycles. The summed E-state index contributed by atoms with van der Waals surface area (Å²) >= 11 is 0. The van der Waals surface area contributed by atoms with Crippen molar-refractivity contribution >= 4 is 28.1 Å². The van der Waals surface area contributed by atoms with Crippen LogP contribution in [0.15, 0.2) is 66.7 Å². The van der Waals surface area contributed by atoms with E-state index < -0.39 is 0 Å². The van der Waals surface area contributed by atoms with Crippen molar-refractivity contribution in [3.05, 3.63) is 66.7 Å². The van der Waals surface area contributed by atoms with Gasteiger partial charge in [0, 0.05) is 43.6 Å². The minimum atomic E-state index is -0.172. The number of fused-ring (bicyclic) bond motifs is 1. The van der Waals surface area contributed by atoms with Crippen LogP contribution in [0.1, 0.15) is 6.92 Å². The molecular weight excluding hydrogens is 362 g/mol. The topological polar surface area (TPSA) is 44.8 Å². The second kappa shape index (κ2) is 8.53. The van der Waals surface area contributed by atoms with Crippen LogP contribution in [0, 0.1) is 0 Å². The molecule has 29 heavy (non-hydrogen) atoms. The lowest BCUT2D eigenvalue weighted by Gasteiger charge is -2.38. The van der Waals surface area contributed by atoms with Gasteiger partial charge in [0.1, 0.15) is 5.75 Å². The molecule has 5 heteroatoms. The van der Waals surface area contributed by atoms with Gasteiger partial charge in [0.05, 0.1) is 13.2 Å². The van der Waals surface area contributed by atoms with E-state index in [2.05, 4.69) is 39.4 Å². The van der Waals surface area contributed by atoms with Gasteiger partial charge in [-0.05, 0) is 42.0 Å². The molecule has 1 aliphatic heterocycles. The molecule has 1 aliphatic rings. The van der Waals surface area contributed by atoms with Crippen LogP contribution < -0.4 is 15.0 Å². The van der Waals surface area contributed by atoms with Crippen molar-refractivity contribution in [2.45, 2.75) is 13.0 Å². The van der Waals surface area contributed by atoms with Crippen LogP contribution in [-0.4, -0.2) is 50.1 Å². The average Bonchev–Trinajstić information content (AvgIpc) is 2.78. The Labute approximate surface area is 171 Å². The number of nitrogens with one attached hydrogen (secondary N) is 1. The summed E-state index contributed by atoms with van der Waals surface area (Å²) in [6.07, 6.45) is 0. The molecule has 1 N–H and O–H groups in total. The molecule has 0 spiro atoms. The van der Waals surface area contributed by atoms with Crippen molar-refractivity contribution in [2.24, 2.45) is 0 Å². The van der Waals surface area contributed by atoms with Crippen LogP contribution in [-0.2, 0) is 4.79 Å². The summed E-state index contributed by atoms with van der Waals surface area (Å²) in [4.78, 5) is 17.4. The molecule has 0 radical (unpaired) electrons. The fraction of sp³-hybridized carbons (Fsp3) is 0.292. The molecule has 0 aliphatic carbocycles. The molecular formula is C24H27N3O2. The Morgan fingerprint density at radius 2 is 1.69 bits per heavy atom. The third-order valence-corrected chi connectivity index (χ3v) is 5.68. The van der Waals surface area contributed by atoms with E-state index in [9.17, 15) is 4.79 Å². The molecule has 5 nitrogen and oxygen atoms in total. The SMILES string of the molecule is COc1cccc(N2CCN([C@@H](C)C(=O)Nc3ccc4ccccc4c3)CC2)c1. The molecule has 0 aromatic heterocycles. The first-order valence-electron chi connectivity index (χ1n) is 10.1. The van der Waals surface area contributed by atoms with Gasteiger partial charge in [-0.1, -0.05) is 36.4 Å². The minimum absolute atomic E-state index is 0.0371. The number of anilines is 2. The number of carbonyl (C=O) groups excluding carboxylic acids is 1. The second-order valence-electron chi connectivity index (χ2n) is 7.45. The maximum absolute atomic E-state index is 12.8. The third kappa shape index (κ3) is 4.35. The largest absolute Gasteiger partial charge is 0.497 e. The zero-order chi connectivity index (χ0) is 20.2. The standard InChI is InChI=1S/C24H27N3O2/c1-18(24(28)25-21-11-10-19-6-3-4-7-20(19)16-21)26-12-14-27(15-13-26)22-8-5-9-23(17-22)29-2/h3-11,16-18H,12-15H2,1-2H3,(H,25,28)/t18-/m0/s1. The predicted molar refractivity (Wildman–Crippen MR) is 119 cm³/mol. The van der Waals surface area contributed by atoms with Crippen molar-refractivity contribution in [3.8, 4) is 5.75 Å². The number of methoxy groups -OCH3 is 1. The molecule has 150 valence electrons. The maximum atomic E-state index is 12.8. The Hall–Kier alpha value is -3.05. The molecule has 1 fully saturated rings. The maximum Gasteiger partial charge on any atom is 0.241 e. The van der Waals surface area contributed by atoms with Crippen LogP contribution in [0.5, 0.6) is 5.75 Å². The fourth-order valence-electron chi connectivity index (χ4n) is 3.85. The molecule has 1 atom stereocenters. The van der Waals surface area contributed by atoms with E-state index in [1.807, 2.05) is 49.4 Å². The zero-order valence-electron chi connectivity index (χ0n) is 17.0. The van der Waals surface area contributed by atoms with Gasteiger partial charge >= 0.3 is 0 Å². The quantitative estimate of drug-likeness (QED) is 0.716. The highest BCUT2D eigenvalue weighted by molar-refractivity contribution is 5.97. The highest BCUT2D eigenvalue weighted by Gasteiger charge is 2.26. The van der Waals surface area contributed by atoms with E-state index in [1.54, 1.807) is 7.11 Å². The number of hydrogen-bond donors (Lipinski definition) is 1. The highest BCUT2D eigenvalue weighted by atomic mass is 16.5. The lowest BCUT2D eigenvalue weighted by molar-refractivity contribution is -0.120. The average molecular weight is 389 g/mol. The predicted octanol–water partition coefficient (Wildman–Crippen LogP) is 4.00. The zero-order valence-corrected chi connectivity index (χ0v) is 17.0. The molecule has 0 bridgehead atoms. The van der Waals surface area contributed by atoms with Crippen molar-refractivity contribution in [1.82, 2.24) is 4.90 Å². The van der Waals surface area contributed by atoms with Gasteiger partial charge in [-0.25, -0.2) is 0 Å². The van der Waals surface area contributed by atoms with E-state index >= 15 is 0 Å². The van der Waals surface area contributed by atoms with Gasteiger partial charge in [0.2, 0.25) is 5.91 Å². The van der Waals surface area contributed by atoms with Crippen molar-refractivity contribution in [1.29, 1.82) is 0 Å². The van der Waals surface area contributed by atoms with Gasteiger partial charge in [-0.3, -0.25) is 9.69 Å². The van der Waals surface area contributed by atoms with Crippen LogP contribution in [0.4, 0.5) is 11.4 Å². The number of hydrogen-bond acceptors (Lipinski definition) is 4. The lowest BCUT2D eigenvalue weighted by Crippen LogP contribution is -2.52. The number of amides is 1. The van der Waals surface area contributed by atoms with Gasteiger partial charge in [-0.2, -0.15) is 0 Å². The van der Waals surface area contributed by atoms with Crippen molar-refractivity contribution in [3.63, 3.8) is 0 Å². The van der Waals surface area contributed by atoms with Gasteiger partial charge < -0.3 is 15.0 Å². The molecule has 4 rings (SSSR count). The lowest BCUT2D eigenvalue weighted by atomic mass is 10.1. The van der Waals surface area contributed by atoms with Crippen LogP contribution in [0.3, 0.4) is 0 Å². The van der Waals surface area contributed by atoms with Gasteiger partial charge in [0.25, 0.3) is 0 Å². The monoisotopic (exact) mass is 389 g/mol. The molecule has 1 amide bonds. The van der Waals surface area contributed by atoms with Crippen molar-refractivity contribution in [2.75, 3.05) is 43.5 Å². The first-order valence-corrected chi connectivity index (χ1v) is 10.1. The van der Waals surface area contributed by atoms with Crippen molar-refractivity contribution < 1.29 is 9.53 Å². The van der Waals surface area contributed by atoms with Crippen LogP contribution in [0.2, 0.25) is 0 Å². The number of rotatable bonds is 5. The van der Waals surface area contributed by atoms with E-state index in [0.717, 1.165) is 48.7 Å². The summed E-state index contributed by atoms with van der Waals surface area (Å²) in [5.74, 6) is 0.906. The molecule has 0 unspecified atom stereocenters. The first-order chi connectivity index (χ1) is 14.1. The highest BCUT2D eigenvalue weighted by Crippen LogP contribution is 2.23. The number of benzene rings is 3. The van der Waals surface area contributed by atoms with E-state index in [0.29, 0.717) is 0 Å². The molecule has 1 heterocycles. The molecule has 1 saturated heterocycles. The summed E-state index contributed by atoms with van der Waals surface area (Å²) in [5.41, 5.74) is 2.01. The molecule has 3 aromatic rings. The molecule has 0 saturated carbocycles. The minimum Gasteiger partial charge on any atom is -0.497 e. The Morgan fingerprint density at radius 3 is 2.45 bits per heavy atom. The Bertz CT molecular complexity index is 996. The Kier molecular flexibility index (Phi) is 5.67. The number of carbonyl (C=O) groups is 1. The van der Waals surface area contributed by atoms with Gasteiger partial charge in [0.15, 0.2) is 0 Å². The number of piperazine rings is 1. The Balaban J connectivity index is 1.35. The number of ether oxygens (including phenoxy) is 1. The Morgan fingerprint density at radius 1 is 0.931 bits per heavy atom. The summed E-state index contributed by atoms with van der Waals surface area (Å²) in [5, 5.41) is 5.38. The summed E-state index contributed by atoms with van der Waals surface area (Å²) < 4.78 is 5.33. The second-order valence-corrected chi connectivity index (χ2v) is 7.45. The van der Waals surface area contributed by atoms with E-state index in [-0.39, 0.29) is 11.9 Å². The normalized spacial score (nSPS) is 15.9. The summed E-state index contributed by atoms with van der Waals surface area (Å²) in [6.45, 7) is 5.46. The van der Waals surface area contributed by atoms with Crippen LogP contribution >= 0.6 is 0 Å². The summed E-state index contributed by atoms with van der Waals surface area (Å²) in [7, 11) is 1.69.